The summed E-state index contributed by atoms with van der Waals surface area (Å²) in [6.45, 7) is 4.30. The standard InChI is InChI=1S/C20H24N6OS/c1-15-4-6-17(7-5-15)26-20(22-23-24-26)25-12-9-16(10-13-25)19(27)21-11-8-18-3-2-14-28-18/h2-7,14,16H,8-13H2,1H3,(H,21,27). The lowest BCUT2D eigenvalue weighted by atomic mass is 9.96. The van der Waals surface area contributed by atoms with Gasteiger partial charge in [-0.05, 0) is 60.2 Å². The Morgan fingerprint density at radius 1 is 1.21 bits per heavy atom. The maximum absolute atomic E-state index is 12.5. The third-order valence-electron chi connectivity index (χ3n) is 5.13. The Kier molecular flexibility index (Phi) is 5.66. The number of rotatable bonds is 6. The predicted octanol–water partition coefficient (Wildman–Crippen LogP) is 2.61. The van der Waals surface area contributed by atoms with Gasteiger partial charge in [0.25, 0.3) is 0 Å². The highest BCUT2D eigenvalue weighted by Gasteiger charge is 2.27. The van der Waals surface area contributed by atoms with Gasteiger partial charge in [-0.25, -0.2) is 0 Å². The van der Waals surface area contributed by atoms with Gasteiger partial charge in [0.15, 0.2) is 0 Å². The molecule has 1 aliphatic heterocycles. The molecule has 0 atom stereocenters. The molecular weight excluding hydrogens is 372 g/mol. The van der Waals surface area contributed by atoms with Crippen LogP contribution in [-0.2, 0) is 11.2 Å². The second kappa shape index (κ2) is 8.52. The van der Waals surface area contributed by atoms with Gasteiger partial charge in [-0.2, -0.15) is 4.68 Å². The Morgan fingerprint density at radius 3 is 2.71 bits per heavy atom. The predicted molar refractivity (Wildman–Crippen MR) is 110 cm³/mol. The van der Waals surface area contributed by atoms with E-state index in [1.165, 1.54) is 10.4 Å². The molecular formula is C20H24N6OS. The summed E-state index contributed by atoms with van der Waals surface area (Å²) in [5, 5.41) is 17.4. The number of nitrogens with one attached hydrogen (secondary N) is 1. The van der Waals surface area contributed by atoms with Gasteiger partial charge in [-0.15, -0.1) is 11.3 Å². The molecule has 1 fully saturated rings. The topological polar surface area (TPSA) is 75.9 Å². The number of aromatic nitrogens is 4. The lowest BCUT2D eigenvalue weighted by molar-refractivity contribution is -0.125. The quantitative estimate of drug-likeness (QED) is 0.693. The van der Waals surface area contributed by atoms with E-state index in [2.05, 4.69) is 44.1 Å². The molecule has 2 aromatic heterocycles. The molecule has 7 nitrogen and oxygen atoms in total. The molecule has 1 amide bonds. The number of aryl methyl sites for hydroxylation is 1. The van der Waals surface area contributed by atoms with Crippen molar-refractivity contribution in [2.45, 2.75) is 26.2 Å². The SMILES string of the molecule is Cc1ccc(-n2nnnc2N2CCC(C(=O)NCCc3cccs3)CC2)cc1. The Labute approximate surface area is 168 Å². The fourth-order valence-electron chi connectivity index (χ4n) is 3.48. The van der Waals surface area contributed by atoms with E-state index >= 15 is 0 Å². The third-order valence-corrected chi connectivity index (χ3v) is 6.07. The molecule has 28 heavy (non-hydrogen) atoms. The average Bonchev–Trinajstić information content (AvgIpc) is 3.41. The first kappa shape index (κ1) is 18.6. The number of anilines is 1. The van der Waals surface area contributed by atoms with Gasteiger partial charge in [0, 0.05) is 30.4 Å². The van der Waals surface area contributed by atoms with E-state index in [4.69, 9.17) is 0 Å². The lowest BCUT2D eigenvalue weighted by Gasteiger charge is -2.31. The second-order valence-electron chi connectivity index (χ2n) is 7.11. The Morgan fingerprint density at radius 2 is 2.00 bits per heavy atom. The number of hydrogen-bond acceptors (Lipinski definition) is 6. The maximum Gasteiger partial charge on any atom is 0.250 e. The molecule has 3 heterocycles. The fraction of sp³-hybridized carbons (Fsp3) is 0.400. The summed E-state index contributed by atoms with van der Waals surface area (Å²) in [6, 6.07) is 12.3. The zero-order chi connectivity index (χ0) is 19.3. The molecule has 1 aromatic carbocycles. The molecule has 146 valence electrons. The molecule has 0 unspecified atom stereocenters. The van der Waals surface area contributed by atoms with Crippen LogP contribution in [0.5, 0.6) is 0 Å². The van der Waals surface area contributed by atoms with E-state index in [1.807, 2.05) is 30.3 Å². The summed E-state index contributed by atoms with van der Waals surface area (Å²) < 4.78 is 1.76. The van der Waals surface area contributed by atoms with Crippen LogP contribution in [-0.4, -0.2) is 45.7 Å². The molecule has 3 aromatic rings. The van der Waals surface area contributed by atoms with Gasteiger partial charge in [0.1, 0.15) is 0 Å². The van der Waals surface area contributed by atoms with Crippen LogP contribution in [0.4, 0.5) is 5.95 Å². The smallest absolute Gasteiger partial charge is 0.250 e. The molecule has 1 saturated heterocycles. The molecule has 1 aliphatic rings. The minimum absolute atomic E-state index is 0.0586. The van der Waals surface area contributed by atoms with Crippen LogP contribution >= 0.6 is 11.3 Å². The van der Waals surface area contributed by atoms with Crippen molar-refractivity contribution in [3.8, 4) is 5.69 Å². The number of tetrazole rings is 1. The number of amides is 1. The van der Waals surface area contributed by atoms with Crippen LogP contribution < -0.4 is 10.2 Å². The molecule has 8 heteroatoms. The van der Waals surface area contributed by atoms with E-state index in [1.54, 1.807) is 16.0 Å². The fourth-order valence-corrected chi connectivity index (χ4v) is 4.19. The number of carbonyl (C=O) groups is 1. The number of thiophene rings is 1. The van der Waals surface area contributed by atoms with Crippen molar-refractivity contribution >= 4 is 23.2 Å². The van der Waals surface area contributed by atoms with Crippen molar-refractivity contribution in [2.75, 3.05) is 24.5 Å². The summed E-state index contributed by atoms with van der Waals surface area (Å²) >= 11 is 1.73. The average molecular weight is 397 g/mol. The van der Waals surface area contributed by atoms with E-state index < -0.39 is 0 Å². The van der Waals surface area contributed by atoms with Gasteiger partial charge in [0.2, 0.25) is 11.9 Å². The van der Waals surface area contributed by atoms with E-state index in [9.17, 15) is 4.79 Å². The summed E-state index contributed by atoms with van der Waals surface area (Å²) in [6.07, 6.45) is 2.52. The van der Waals surface area contributed by atoms with E-state index in [0.29, 0.717) is 6.54 Å². The number of nitrogens with zero attached hydrogens (tertiary/aromatic N) is 5. The summed E-state index contributed by atoms with van der Waals surface area (Å²) in [7, 11) is 0. The summed E-state index contributed by atoms with van der Waals surface area (Å²) in [4.78, 5) is 15.9. The van der Waals surface area contributed by atoms with Gasteiger partial charge in [-0.3, -0.25) is 4.79 Å². The van der Waals surface area contributed by atoms with Crippen LogP contribution in [0.2, 0.25) is 0 Å². The van der Waals surface area contributed by atoms with Gasteiger partial charge < -0.3 is 10.2 Å². The van der Waals surface area contributed by atoms with E-state index in [0.717, 1.165) is 44.0 Å². The van der Waals surface area contributed by atoms with Crippen molar-refractivity contribution in [1.29, 1.82) is 0 Å². The first-order chi connectivity index (χ1) is 13.7. The normalized spacial score (nSPS) is 15.0. The Bertz CT molecular complexity index is 897. The lowest BCUT2D eigenvalue weighted by Crippen LogP contribution is -2.41. The van der Waals surface area contributed by atoms with Crippen molar-refractivity contribution in [1.82, 2.24) is 25.5 Å². The first-order valence-electron chi connectivity index (χ1n) is 9.61. The van der Waals surface area contributed by atoms with Crippen LogP contribution in [0.1, 0.15) is 23.3 Å². The van der Waals surface area contributed by atoms with Crippen LogP contribution in [0, 0.1) is 12.8 Å². The zero-order valence-corrected chi connectivity index (χ0v) is 16.7. The number of hydrogen-bond donors (Lipinski definition) is 1. The highest BCUT2D eigenvalue weighted by molar-refractivity contribution is 7.09. The van der Waals surface area contributed by atoms with Gasteiger partial charge in [-0.1, -0.05) is 28.9 Å². The van der Waals surface area contributed by atoms with Crippen molar-refractivity contribution < 1.29 is 4.79 Å². The van der Waals surface area contributed by atoms with Crippen molar-refractivity contribution in [3.05, 3.63) is 52.2 Å². The molecule has 0 bridgehead atoms. The van der Waals surface area contributed by atoms with Crippen molar-refractivity contribution in [3.63, 3.8) is 0 Å². The van der Waals surface area contributed by atoms with Gasteiger partial charge >= 0.3 is 0 Å². The second-order valence-corrected chi connectivity index (χ2v) is 8.14. The minimum Gasteiger partial charge on any atom is -0.355 e. The first-order valence-corrected chi connectivity index (χ1v) is 10.5. The minimum atomic E-state index is 0.0586. The molecule has 0 saturated carbocycles. The molecule has 4 rings (SSSR count). The highest BCUT2D eigenvalue weighted by Crippen LogP contribution is 2.23. The zero-order valence-electron chi connectivity index (χ0n) is 15.9. The maximum atomic E-state index is 12.5. The molecule has 1 N–H and O–H groups in total. The summed E-state index contributed by atoms with van der Waals surface area (Å²) in [5.74, 6) is 0.957. The Balaban J connectivity index is 1.31. The number of piperidine rings is 1. The van der Waals surface area contributed by atoms with Crippen molar-refractivity contribution in [2.24, 2.45) is 5.92 Å². The van der Waals surface area contributed by atoms with Gasteiger partial charge in [0.05, 0.1) is 5.69 Å². The number of benzene rings is 1. The highest BCUT2D eigenvalue weighted by atomic mass is 32.1. The molecule has 0 aliphatic carbocycles. The molecule has 0 radical (unpaired) electrons. The monoisotopic (exact) mass is 396 g/mol. The number of carbonyl (C=O) groups excluding carboxylic acids is 1. The van der Waals surface area contributed by atoms with Crippen LogP contribution in [0.15, 0.2) is 41.8 Å². The molecule has 0 spiro atoms. The van der Waals surface area contributed by atoms with Crippen LogP contribution in [0.3, 0.4) is 0 Å². The Hall–Kier alpha value is -2.74. The largest absolute Gasteiger partial charge is 0.355 e. The van der Waals surface area contributed by atoms with E-state index in [-0.39, 0.29) is 11.8 Å². The third kappa shape index (κ3) is 4.22. The summed E-state index contributed by atoms with van der Waals surface area (Å²) in [5.41, 5.74) is 2.14. The van der Waals surface area contributed by atoms with Crippen LogP contribution in [0.25, 0.3) is 5.69 Å².